The summed E-state index contributed by atoms with van der Waals surface area (Å²) < 4.78 is 18.7. The van der Waals surface area contributed by atoms with Crippen LogP contribution in [0.2, 0.25) is 0 Å². The molecule has 2 rings (SSSR count). The van der Waals surface area contributed by atoms with Gasteiger partial charge in [0.1, 0.15) is 11.6 Å². The Labute approximate surface area is 123 Å². The number of carbonyl (C=O) groups is 1. The highest BCUT2D eigenvalue weighted by molar-refractivity contribution is 5.79. The van der Waals surface area contributed by atoms with E-state index in [4.69, 9.17) is 4.74 Å². The largest absolute Gasteiger partial charge is 0.494 e. The first kappa shape index (κ1) is 14.8. The maximum Gasteiger partial charge on any atom is 0.151 e. The Kier molecular flexibility index (Phi) is 4.73. The number of aryl methyl sites for hydroxylation is 1. The molecule has 0 aromatic heterocycles. The molecule has 0 radical (unpaired) electrons. The van der Waals surface area contributed by atoms with E-state index in [9.17, 15) is 9.18 Å². The third kappa shape index (κ3) is 3.70. The lowest BCUT2D eigenvalue weighted by Gasteiger charge is -2.06. The van der Waals surface area contributed by atoms with E-state index < -0.39 is 5.82 Å². The van der Waals surface area contributed by atoms with Crippen LogP contribution in [0.4, 0.5) is 4.39 Å². The molecular formula is C18H15FO2. The lowest BCUT2D eigenvalue weighted by molar-refractivity contribution is 0.112. The van der Waals surface area contributed by atoms with Crippen LogP contribution in [0.15, 0.2) is 36.4 Å². The van der Waals surface area contributed by atoms with Crippen LogP contribution in [0.5, 0.6) is 5.75 Å². The van der Waals surface area contributed by atoms with Gasteiger partial charge in [-0.15, -0.1) is 0 Å². The smallest absolute Gasteiger partial charge is 0.151 e. The molecule has 21 heavy (non-hydrogen) atoms. The van der Waals surface area contributed by atoms with E-state index in [2.05, 4.69) is 11.8 Å². The van der Waals surface area contributed by atoms with Gasteiger partial charge in [-0.2, -0.15) is 0 Å². The molecule has 106 valence electrons. The van der Waals surface area contributed by atoms with Crippen LogP contribution >= 0.6 is 0 Å². The lowest BCUT2D eigenvalue weighted by Crippen LogP contribution is -1.94. The first-order valence-corrected chi connectivity index (χ1v) is 6.64. The van der Waals surface area contributed by atoms with Gasteiger partial charge in [-0.25, -0.2) is 4.39 Å². The number of hydrogen-bond donors (Lipinski definition) is 0. The Hall–Kier alpha value is -2.60. The van der Waals surface area contributed by atoms with Gasteiger partial charge in [0.2, 0.25) is 0 Å². The first-order chi connectivity index (χ1) is 10.1. The summed E-state index contributed by atoms with van der Waals surface area (Å²) in [7, 11) is 0. The molecule has 0 atom stereocenters. The Bertz CT molecular complexity index is 724. The summed E-state index contributed by atoms with van der Waals surface area (Å²) in [5, 5.41) is 0. The fourth-order valence-corrected chi connectivity index (χ4v) is 1.92. The topological polar surface area (TPSA) is 26.3 Å². The zero-order valence-electron chi connectivity index (χ0n) is 11.9. The van der Waals surface area contributed by atoms with E-state index in [0.717, 1.165) is 16.9 Å². The molecule has 0 spiro atoms. The van der Waals surface area contributed by atoms with Crippen molar-refractivity contribution in [1.82, 2.24) is 0 Å². The molecule has 2 aromatic carbocycles. The molecular weight excluding hydrogens is 267 g/mol. The van der Waals surface area contributed by atoms with Crippen molar-refractivity contribution in [3.05, 3.63) is 64.5 Å². The van der Waals surface area contributed by atoms with Crippen molar-refractivity contribution in [1.29, 1.82) is 0 Å². The Morgan fingerprint density at radius 1 is 1.19 bits per heavy atom. The molecule has 0 fully saturated rings. The number of hydrogen-bond acceptors (Lipinski definition) is 2. The van der Waals surface area contributed by atoms with E-state index in [-0.39, 0.29) is 0 Å². The molecule has 0 aliphatic heterocycles. The quantitative estimate of drug-likeness (QED) is 0.633. The summed E-state index contributed by atoms with van der Waals surface area (Å²) in [6.07, 6.45) is 0.674. The van der Waals surface area contributed by atoms with Gasteiger partial charge >= 0.3 is 0 Å². The van der Waals surface area contributed by atoms with E-state index >= 15 is 0 Å². The molecule has 0 N–H and O–H groups in total. The molecule has 0 saturated heterocycles. The molecule has 0 heterocycles. The van der Waals surface area contributed by atoms with Gasteiger partial charge in [-0.3, -0.25) is 4.79 Å². The van der Waals surface area contributed by atoms with Gasteiger partial charge in [0.05, 0.1) is 6.61 Å². The molecule has 0 bridgehead atoms. The van der Waals surface area contributed by atoms with Gasteiger partial charge in [0.15, 0.2) is 6.29 Å². The Balaban J connectivity index is 2.33. The number of benzene rings is 2. The standard InChI is InChI=1S/C18H15FO2/c1-3-21-18-9-5-14(10-13(18)2)4-6-15-11-17(19)8-7-16(15)12-20/h5,7-12H,3H2,1-2H3. The van der Waals surface area contributed by atoms with Crippen molar-refractivity contribution in [2.45, 2.75) is 13.8 Å². The van der Waals surface area contributed by atoms with Crippen LogP contribution in [0.25, 0.3) is 0 Å². The van der Waals surface area contributed by atoms with Gasteiger partial charge in [0.25, 0.3) is 0 Å². The molecule has 3 heteroatoms. The Morgan fingerprint density at radius 2 is 2.00 bits per heavy atom. The van der Waals surface area contributed by atoms with Crippen molar-refractivity contribution in [3.8, 4) is 17.6 Å². The molecule has 0 amide bonds. The third-order valence-corrected chi connectivity index (χ3v) is 2.96. The van der Waals surface area contributed by atoms with E-state index in [1.54, 1.807) is 0 Å². The minimum Gasteiger partial charge on any atom is -0.494 e. The second-order valence-electron chi connectivity index (χ2n) is 4.51. The summed E-state index contributed by atoms with van der Waals surface area (Å²) in [5.41, 5.74) is 2.54. The number of carbonyl (C=O) groups excluding carboxylic acids is 1. The number of halogens is 1. The number of ether oxygens (including phenoxy) is 1. The number of aldehydes is 1. The fraction of sp³-hybridized carbons (Fsp3) is 0.167. The van der Waals surface area contributed by atoms with Crippen molar-refractivity contribution < 1.29 is 13.9 Å². The summed E-state index contributed by atoms with van der Waals surface area (Å²) in [5.74, 6) is 6.19. The van der Waals surface area contributed by atoms with E-state index in [1.807, 2.05) is 32.0 Å². The monoisotopic (exact) mass is 282 g/mol. The summed E-state index contributed by atoms with van der Waals surface area (Å²) in [6.45, 7) is 4.48. The van der Waals surface area contributed by atoms with Crippen molar-refractivity contribution in [2.75, 3.05) is 6.61 Å². The average molecular weight is 282 g/mol. The van der Waals surface area contributed by atoms with Crippen LogP contribution in [0.3, 0.4) is 0 Å². The fourth-order valence-electron chi connectivity index (χ4n) is 1.92. The Morgan fingerprint density at radius 3 is 2.67 bits per heavy atom. The van der Waals surface area contributed by atoms with Crippen LogP contribution in [0.1, 0.15) is 34.0 Å². The zero-order valence-corrected chi connectivity index (χ0v) is 11.9. The zero-order chi connectivity index (χ0) is 15.2. The van der Waals surface area contributed by atoms with Gasteiger partial charge in [-0.05, 0) is 55.8 Å². The average Bonchev–Trinajstić information content (AvgIpc) is 2.48. The second kappa shape index (κ2) is 6.71. The maximum atomic E-state index is 13.2. The molecule has 0 aliphatic carbocycles. The second-order valence-corrected chi connectivity index (χ2v) is 4.51. The highest BCUT2D eigenvalue weighted by Crippen LogP contribution is 2.18. The van der Waals surface area contributed by atoms with Crippen LogP contribution in [-0.2, 0) is 0 Å². The normalized spacial score (nSPS) is 9.67. The van der Waals surface area contributed by atoms with E-state index in [1.165, 1.54) is 18.2 Å². The molecule has 2 nitrogen and oxygen atoms in total. The molecule has 2 aromatic rings. The third-order valence-electron chi connectivity index (χ3n) is 2.96. The molecule has 0 saturated carbocycles. The minimum atomic E-state index is -0.409. The maximum absolute atomic E-state index is 13.2. The van der Waals surface area contributed by atoms with Crippen LogP contribution in [-0.4, -0.2) is 12.9 Å². The lowest BCUT2D eigenvalue weighted by atomic mass is 10.1. The minimum absolute atomic E-state index is 0.381. The summed E-state index contributed by atoms with van der Waals surface area (Å²) in [6, 6.07) is 9.53. The number of rotatable bonds is 3. The van der Waals surface area contributed by atoms with Crippen LogP contribution < -0.4 is 4.74 Å². The highest BCUT2D eigenvalue weighted by atomic mass is 19.1. The van der Waals surface area contributed by atoms with E-state index in [0.29, 0.717) is 24.0 Å². The van der Waals surface area contributed by atoms with Crippen molar-refractivity contribution >= 4 is 6.29 Å². The molecule has 0 aliphatic rings. The molecule has 0 unspecified atom stereocenters. The van der Waals surface area contributed by atoms with Gasteiger partial charge < -0.3 is 4.74 Å². The summed E-state index contributed by atoms with van der Waals surface area (Å²) in [4.78, 5) is 10.9. The predicted octanol–water partition coefficient (Wildman–Crippen LogP) is 3.75. The highest BCUT2D eigenvalue weighted by Gasteiger charge is 2.01. The van der Waals surface area contributed by atoms with Crippen molar-refractivity contribution in [3.63, 3.8) is 0 Å². The predicted molar refractivity (Wildman–Crippen MR) is 80.1 cm³/mol. The van der Waals surface area contributed by atoms with Gasteiger partial charge in [-0.1, -0.05) is 11.8 Å². The van der Waals surface area contributed by atoms with Crippen LogP contribution in [0, 0.1) is 24.6 Å². The first-order valence-electron chi connectivity index (χ1n) is 6.64. The van der Waals surface area contributed by atoms with Gasteiger partial charge in [0, 0.05) is 16.7 Å². The van der Waals surface area contributed by atoms with Crippen molar-refractivity contribution in [2.24, 2.45) is 0 Å². The summed E-state index contributed by atoms with van der Waals surface area (Å²) >= 11 is 0. The SMILES string of the molecule is CCOc1ccc(C#Cc2cc(F)ccc2C=O)cc1C.